The molecule has 0 amide bonds. The van der Waals surface area contributed by atoms with Gasteiger partial charge < -0.3 is 5.32 Å². The van der Waals surface area contributed by atoms with Gasteiger partial charge >= 0.3 is 0 Å². The van der Waals surface area contributed by atoms with Crippen molar-refractivity contribution in [2.45, 2.75) is 13.8 Å². The van der Waals surface area contributed by atoms with E-state index in [1.807, 2.05) is 6.07 Å². The molecule has 0 fully saturated rings. The predicted octanol–water partition coefficient (Wildman–Crippen LogP) is 2.00. The van der Waals surface area contributed by atoms with E-state index in [1.54, 1.807) is 38.1 Å². The Hall–Kier alpha value is -2.61. The van der Waals surface area contributed by atoms with Crippen LogP contribution in [0.5, 0.6) is 0 Å². The number of nitriles is 1. The molecule has 0 aliphatic carbocycles. The zero-order valence-corrected chi connectivity index (χ0v) is 10.1. The third kappa shape index (κ3) is 2.38. The number of anilines is 2. The van der Waals surface area contributed by atoms with Gasteiger partial charge in [0.1, 0.15) is 0 Å². The molecule has 1 aromatic carbocycles. The van der Waals surface area contributed by atoms with E-state index in [4.69, 9.17) is 5.26 Å². The van der Waals surface area contributed by atoms with Crippen molar-refractivity contribution in [3.05, 3.63) is 51.4 Å². The zero-order valence-electron chi connectivity index (χ0n) is 10.1. The molecule has 2 aromatic rings. The second-order valence-corrected chi connectivity index (χ2v) is 3.94. The van der Waals surface area contributed by atoms with Crippen LogP contribution in [0.1, 0.15) is 16.8 Å². The number of hydrogen-bond donors (Lipinski definition) is 2. The molecular formula is C13H12N4O. The summed E-state index contributed by atoms with van der Waals surface area (Å²) in [6.07, 6.45) is 0. The summed E-state index contributed by atoms with van der Waals surface area (Å²) < 4.78 is 0. The van der Waals surface area contributed by atoms with Crippen LogP contribution in [0.15, 0.2) is 29.1 Å². The second kappa shape index (κ2) is 4.72. The van der Waals surface area contributed by atoms with Crippen LogP contribution in [0.3, 0.4) is 0 Å². The molecule has 0 saturated carbocycles. The number of aromatic amines is 1. The van der Waals surface area contributed by atoms with Gasteiger partial charge in [0.2, 0.25) is 5.95 Å². The van der Waals surface area contributed by atoms with Gasteiger partial charge in [-0.15, -0.1) is 0 Å². The van der Waals surface area contributed by atoms with E-state index in [0.29, 0.717) is 22.8 Å². The molecule has 0 aliphatic rings. The van der Waals surface area contributed by atoms with Gasteiger partial charge in [0.25, 0.3) is 5.56 Å². The Bertz CT molecular complexity index is 665. The van der Waals surface area contributed by atoms with E-state index < -0.39 is 0 Å². The molecule has 90 valence electrons. The van der Waals surface area contributed by atoms with Crippen LogP contribution >= 0.6 is 0 Å². The van der Waals surface area contributed by atoms with Crippen LogP contribution < -0.4 is 10.9 Å². The van der Waals surface area contributed by atoms with Crippen LogP contribution in [0.4, 0.5) is 11.6 Å². The Kier molecular flexibility index (Phi) is 3.11. The minimum atomic E-state index is -0.154. The maximum Gasteiger partial charge on any atom is 0.255 e. The molecule has 2 N–H and O–H groups in total. The van der Waals surface area contributed by atoms with Crippen molar-refractivity contribution in [1.29, 1.82) is 5.26 Å². The van der Waals surface area contributed by atoms with Gasteiger partial charge in [0, 0.05) is 16.9 Å². The van der Waals surface area contributed by atoms with E-state index in [1.165, 1.54) is 0 Å². The fraction of sp³-hybridized carbons (Fsp3) is 0.154. The molecule has 0 saturated heterocycles. The first-order valence-corrected chi connectivity index (χ1v) is 5.45. The lowest BCUT2D eigenvalue weighted by atomic mass is 10.2. The van der Waals surface area contributed by atoms with Crippen molar-refractivity contribution >= 4 is 11.6 Å². The summed E-state index contributed by atoms with van der Waals surface area (Å²) in [7, 11) is 0. The summed E-state index contributed by atoms with van der Waals surface area (Å²) in [5.74, 6) is 0.396. The molecule has 0 atom stereocenters. The molecule has 18 heavy (non-hydrogen) atoms. The van der Waals surface area contributed by atoms with Gasteiger partial charge in [0.15, 0.2) is 0 Å². The lowest BCUT2D eigenvalue weighted by molar-refractivity contribution is 1.03. The molecule has 0 aliphatic heterocycles. The largest absolute Gasteiger partial charge is 0.326 e. The lowest BCUT2D eigenvalue weighted by Crippen LogP contribution is -2.15. The Labute approximate surface area is 104 Å². The average molecular weight is 240 g/mol. The molecule has 1 heterocycles. The quantitative estimate of drug-likeness (QED) is 0.841. The van der Waals surface area contributed by atoms with Gasteiger partial charge in [-0.3, -0.25) is 9.78 Å². The number of aryl methyl sites for hydroxylation is 1. The van der Waals surface area contributed by atoms with Crippen LogP contribution in [0.2, 0.25) is 0 Å². The van der Waals surface area contributed by atoms with Crippen LogP contribution in [-0.4, -0.2) is 9.97 Å². The number of rotatable bonds is 2. The summed E-state index contributed by atoms with van der Waals surface area (Å²) in [6.45, 7) is 3.52. The predicted molar refractivity (Wildman–Crippen MR) is 68.8 cm³/mol. The number of nitrogens with one attached hydrogen (secondary N) is 2. The SMILES string of the molecule is Cc1nc(Nc2ccc(C#N)cc2)[nH]c(=O)c1C. The fourth-order valence-corrected chi connectivity index (χ4v) is 1.47. The van der Waals surface area contributed by atoms with Gasteiger partial charge in [-0.05, 0) is 38.1 Å². The Morgan fingerprint density at radius 1 is 1.28 bits per heavy atom. The van der Waals surface area contributed by atoms with Gasteiger partial charge in [0.05, 0.1) is 11.6 Å². The normalized spacial score (nSPS) is 9.83. The van der Waals surface area contributed by atoms with Crippen LogP contribution in [0.25, 0.3) is 0 Å². The van der Waals surface area contributed by atoms with Gasteiger partial charge in [-0.1, -0.05) is 0 Å². The number of hydrogen-bond acceptors (Lipinski definition) is 4. The van der Waals surface area contributed by atoms with Gasteiger partial charge in [-0.25, -0.2) is 4.98 Å². The third-order valence-electron chi connectivity index (χ3n) is 2.67. The molecule has 0 bridgehead atoms. The van der Waals surface area contributed by atoms with E-state index >= 15 is 0 Å². The van der Waals surface area contributed by atoms with Crippen molar-refractivity contribution in [2.24, 2.45) is 0 Å². The first-order valence-electron chi connectivity index (χ1n) is 5.45. The highest BCUT2D eigenvalue weighted by atomic mass is 16.1. The van der Waals surface area contributed by atoms with E-state index in [0.717, 1.165) is 5.69 Å². The lowest BCUT2D eigenvalue weighted by Gasteiger charge is -2.07. The van der Waals surface area contributed by atoms with E-state index in [-0.39, 0.29) is 5.56 Å². The van der Waals surface area contributed by atoms with Gasteiger partial charge in [-0.2, -0.15) is 5.26 Å². The highest BCUT2D eigenvalue weighted by Gasteiger charge is 2.03. The Morgan fingerprint density at radius 2 is 1.94 bits per heavy atom. The molecule has 5 heteroatoms. The van der Waals surface area contributed by atoms with E-state index in [9.17, 15) is 4.79 Å². The summed E-state index contributed by atoms with van der Waals surface area (Å²) in [4.78, 5) is 18.5. The smallest absolute Gasteiger partial charge is 0.255 e. The fourth-order valence-electron chi connectivity index (χ4n) is 1.47. The first-order chi connectivity index (χ1) is 8.60. The van der Waals surface area contributed by atoms with Crippen molar-refractivity contribution in [3.63, 3.8) is 0 Å². The summed E-state index contributed by atoms with van der Waals surface area (Å²) >= 11 is 0. The number of aromatic nitrogens is 2. The van der Waals surface area contributed by atoms with Crippen molar-refractivity contribution in [3.8, 4) is 6.07 Å². The maximum absolute atomic E-state index is 11.6. The van der Waals surface area contributed by atoms with Crippen LogP contribution in [-0.2, 0) is 0 Å². The zero-order chi connectivity index (χ0) is 13.1. The standard InChI is InChI=1S/C13H12N4O/c1-8-9(2)15-13(17-12(8)18)16-11-5-3-10(7-14)4-6-11/h3-6H,1-2H3,(H2,15,16,17,18). The number of nitrogens with zero attached hydrogens (tertiary/aromatic N) is 2. The average Bonchev–Trinajstić information content (AvgIpc) is 2.37. The molecule has 5 nitrogen and oxygen atoms in total. The summed E-state index contributed by atoms with van der Waals surface area (Å²) in [6, 6.07) is 8.95. The van der Waals surface area contributed by atoms with Crippen molar-refractivity contribution < 1.29 is 0 Å². The van der Waals surface area contributed by atoms with Crippen molar-refractivity contribution in [2.75, 3.05) is 5.32 Å². The third-order valence-corrected chi connectivity index (χ3v) is 2.67. The topological polar surface area (TPSA) is 81.6 Å². The Balaban J connectivity index is 2.29. The highest BCUT2D eigenvalue weighted by Crippen LogP contribution is 2.13. The Morgan fingerprint density at radius 3 is 2.50 bits per heavy atom. The first kappa shape index (κ1) is 11.9. The molecular weight excluding hydrogens is 228 g/mol. The summed E-state index contributed by atoms with van der Waals surface area (Å²) in [5, 5.41) is 11.7. The highest BCUT2D eigenvalue weighted by molar-refractivity contribution is 5.54. The second-order valence-electron chi connectivity index (χ2n) is 3.94. The maximum atomic E-state index is 11.6. The molecule has 0 unspecified atom stereocenters. The van der Waals surface area contributed by atoms with Crippen LogP contribution in [0, 0.1) is 25.2 Å². The minimum absolute atomic E-state index is 0.154. The van der Waals surface area contributed by atoms with E-state index in [2.05, 4.69) is 15.3 Å². The number of benzene rings is 1. The molecule has 0 spiro atoms. The monoisotopic (exact) mass is 240 g/mol. The molecule has 1 aromatic heterocycles. The molecule has 0 radical (unpaired) electrons. The van der Waals surface area contributed by atoms with Crippen molar-refractivity contribution in [1.82, 2.24) is 9.97 Å². The minimum Gasteiger partial charge on any atom is -0.326 e. The summed E-state index contributed by atoms with van der Waals surface area (Å²) in [5.41, 5.74) is 2.50. The molecule has 2 rings (SSSR count). The number of H-pyrrole nitrogens is 1.